The first-order valence-electron chi connectivity index (χ1n) is 5.65. The van der Waals surface area contributed by atoms with Crippen LogP contribution in [0.5, 0.6) is 0 Å². The Morgan fingerprint density at radius 1 is 1.28 bits per heavy atom. The number of nitrogens with one attached hydrogen (secondary N) is 1. The van der Waals surface area contributed by atoms with E-state index >= 15 is 0 Å². The summed E-state index contributed by atoms with van der Waals surface area (Å²) in [6, 6.07) is 5.82. The molecule has 1 fully saturated rings. The van der Waals surface area contributed by atoms with E-state index in [1.807, 2.05) is 0 Å². The highest BCUT2D eigenvalue weighted by atomic mass is 32.2. The van der Waals surface area contributed by atoms with E-state index in [1.54, 1.807) is 0 Å². The molecule has 2 rings (SSSR count). The smallest absolute Gasteiger partial charge is 0.251 e. The number of rotatable bonds is 3. The molecule has 0 spiro atoms. The van der Waals surface area contributed by atoms with Crippen molar-refractivity contribution in [1.82, 2.24) is 5.32 Å². The summed E-state index contributed by atoms with van der Waals surface area (Å²) < 4.78 is 22.5. The molecular weight excluding hydrogens is 254 g/mol. The Morgan fingerprint density at radius 3 is 2.28 bits per heavy atom. The van der Waals surface area contributed by atoms with Crippen LogP contribution in [0, 0.1) is 0 Å². The van der Waals surface area contributed by atoms with E-state index < -0.39 is 9.84 Å². The maximum atomic E-state index is 11.8. The van der Waals surface area contributed by atoms with Crippen LogP contribution in [0.1, 0.15) is 23.2 Å². The number of hydrogen-bond acceptors (Lipinski definition) is 4. The van der Waals surface area contributed by atoms with Crippen molar-refractivity contribution in [3.63, 3.8) is 0 Å². The second-order valence-electron chi connectivity index (χ2n) is 4.59. The second-order valence-corrected chi connectivity index (χ2v) is 6.61. The van der Waals surface area contributed by atoms with Crippen molar-refractivity contribution in [3.05, 3.63) is 29.8 Å². The Labute approximate surface area is 106 Å². The lowest BCUT2D eigenvalue weighted by Gasteiger charge is -2.31. The second kappa shape index (κ2) is 4.70. The molecule has 1 aromatic carbocycles. The van der Waals surface area contributed by atoms with E-state index in [0.717, 1.165) is 6.26 Å². The molecule has 18 heavy (non-hydrogen) atoms. The lowest BCUT2D eigenvalue weighted by Crippen LogP contribution is -2.46. The standard InChI is InChI=1S/C12H15NO4S/c1-18(16,17)11-4-2-8(3-5-11)12(15)13-9-6-10(14)7-9/h2-5,9-10,14H,6-7H2,1H3,(H,13,15). The number of carbonyl (C=O) groups is 1. The molecule has 1 saturated carbocycles. The van der Waals surface area contributed by atoms with Gasteiger partial charge in [0.25, 0.3) is 5.91 Å². The van der Waals surface area contributed by atoms with Gasteiger partial charge in [0.1, 0.15) is 0 Å². The Bertz CT molecular complexity index is 544. The SMILES string of the molecule is CS(=O)(=O)c1ccc(C(=O)NC2CC(O)C2)cc1. The Morgan fingerprint density at radius 2 is 1.83 bits per heavy atom. The molecule has 0 bridgehead atoms. The molecule has 0 saturated heterocycles. The van der Waals surface area contributed by atoms with E-state index in [0.29, 0.717) is 18.4 Å². The Kier molecular flexibility index (Phi) is 3.41. The normalized spacial score (nSPS) is 23.2. The zero-order valence-corrected chi connectivity index (χ0v) is 10.8. The fourth-order valence-electron chi connectivity index (χ4n) is 1.83. The molecule has 0 atom stereocenters. The molecule has 1 amide bonds. The molecule has 5 nitrogen and oxygen atoms in total. The van der Waals surface area contributed by atoms with Gasteiger partial charge in [-0.2, -0.15) is 0 Å². The van der Waals surface area contributed by atoms with Crippen molar-refractivity contribution in [2.75, 3.05) is 6.26 Å². The molecule has 2 N–H and O–H groups in total. The lowest BCUT2D eigenvalue weighted by atomic mass is 9.89. The molecule has 0 heterocycles. The summed E-state index contributed by atoms with van der Waals surface area (Å²) in [4.78, 5) is 12.0. The summed E-state index contributed by atoms with van der Waals surface area (Å²) in [5.74, 6) is -0.244. The number of carbonyl (C=O) groups excluding carboxylic acids is 1. The fraction of sp³-hybridized carbons (Fsp3) is 0.417. The van der Waals surface area contributed by atoms with E-state index in [-0.39, 0.29) is 22.9 Å². The molecule has 0 unspecified atom stereocenters. The van der Waals surface area contributed by atoms with Gasteiger partial charge >= 0.3 is 0 Å². The van der Waals surface area contributed by atoms with Gasteiger partial charge in [0.2, 0.25) is 0 Å². The highest BCUT2D eigenvalue weighted by Gasteiger charge is 2.28. The van der Waals surface area contributed by atoms with Crippen LogP contribution >= 0.6 is 0 Å². The maximum absolute atomic E-state index is 11.8. The van der Waals surface area contributed by atoms with Crippen molar-refractivity contribution >= 4 is 15.7 Å². The average Bonchev–Trinajstić information content (AvgIpc) is 2.26. The van der Waals surface area contributed by atoms with Gasteiger partial charge in [-0.3, -0.25) is 4.79 Å². The summed E-state index contributed by atoms with van der Waals surface area (Å²) in [6.45, 7) is 0. The molecule has 1 aliphatic rings. The summed E-state index contributed by atoms with van der Waals surface area (Å²) in [7, 11) is -3.23. The highest BCUT2D eigenvalue weighted by Crippen LogP contribution is 2.20. The van der Waals surface area contributed by atoms with E-state index in [2.05, 4.69) is 5.32 Å². The Hall–Kier alpha value is -1.40. The zero-order valence-electron chi connectivity index (χ0n) is 9.96. The molecule has 1 aromatic rings. The minimum atomic E-state index is -3.23. The number of hydrogen-bond donors (Lipinski definition) is 2. The minimum absolute atomic E-state index is 0.0158. The summed E-state index contributed by atoms with van der Waals surface area (Å²) in [6.07, 6.45) is 1.96. The van der Waals surface area contributed by atoms with Gasteiger partial charge in [0.15, 0.2) is 9.84 Å². The third-order valence-corrected chi connectivity index (χ3v) is 4.12. The highest BCUT2D eigenvalue weighted by molar-refractivity contribution is 7.90. The van der Waals surface area contributed by atoms with Crippen molar-refractivity contribution in [1.29, 1.82) is 0 Å². The maximum Gasteiger partial charge on any atom is 0.251 e. The monoisotopic (exact) mass is 269 g/mol. The van der Waals surface area contributed by atoms with Gasteiger partial charge in [-0.05, 0) is 37.1 Å². The lowest BCUT2D eigenvalue weighted by molar-refractivity contribution is 0.0562. The van der Waals surface area contributed by atoms with Gasteiger partial charge < -0.3 is 10.4 Å². The number of aliphatic hydroxyl groups excluding tert-OH is 1. The predicted molar refractivity (Wildman–Crippen MR) is 66.0 cm³/mol. The summed E-state index contributed by atoms with van der Waals surface area (Å²) >= 11 is 0. The van der Waals surface area contributed by atoms with Crippen LogP contribution in [0.15, 0.2) is 29.2 Å². The largest absolute Gasteiger partial charge is 0.393 e. The topological polar surface area (TPSA) is 83.5 Å². The molecule has 0 aliphatic heterocycles. The van der Waals surface area contributed by atoms with Crippen molar-refractivity contribution in [2.45, 2.75) is 29.9 Å². The van der Waals surface area contributed by atoms with Crippen LogP contribution in [-0.2, 0) is 9.84 Å². The first-order chi connectivity index (χ1) is 8.36. The number of amides is 1. The van der Waals surface area contributed by atoms with E-state index in [9.17, 15) is 13.2 Å². The first-order valence-corrected chi connectivity index (χ1v) is 7.54. The van der Waals surface area contributed by atoms with Crippen molar-refractivity contribution in [2.24, 2.45) is 0 Å². The van der Waals surface area contributed by atoms with Crippen molar-refractivity contribution in [3.8, 4) is 0 Å². The van der Waals surface area contributed by atoms with Crippen LogP contribution in [0.3, 0.4) is 0 Å². The molecule has 0 radical (unpaired) electrons. The molecule has 98 valence electrons. The summed E-state index contributed by atoms with van der Waals surface area (Å²) in [5, 5.41) is 11.9. The third-order valence-electron chi connectivity index (χ3n) is 2.99. The van der Waals surface area contributed by atoms with Crippen LogP contribution in [0.2, 0.25) is 0 Å². The van der Waals surface area contributed by atoms with Gasteiger partial charge in [-0.15, -0.1) is 0 Å². The molecule has 0 aromatic heterocycles. The zero-order chi connectivity index (χ0) is 13.3. The van der Waals surface area contributed by atoms with Crippen LogP contribution in [-0.4, -0.2) is 37.8 Å². The minimum Gasteiger partial charge on any atom is -0.393 e. The van der Waals surface area contributed by atoms with E-state index in [4.69, 9.17) is 5.11 Å². The van der Waals surface area contributed by atoms with Crippen LogP contribution < -0.4 is 5.32 Å². The van der Waals surface area contributed by atoms with Crippen LogP contribution in [0.25, 0.3) is 0 Å². The van der Waals surface area contributed by atoms with Gasteiger partial charge in [-0.1, -0.05) is 0 Å². The number of sulfone groups is 1. The molecule has 6 heteroatoms. The predicted octanol–water partition coefficient (Wildman–Crippen LogP) is 0.343. The average molecular weight is 269 g/mol. The van der Waals surface area contributed by atoms with Crippen molar-refractivity contribution < 1.29 is 18.3 Å². The third kappa shape index (κ3) is 2.88. The fourth-order valence-corrected chi connectivity index (χ4v) is 2.46. The summed E-state index contributed by atoms with van der Waals surface area (Å²) in [5.41, 5.74) is 0.420. The number of benzene rings is 1. The first kappa shape index (κ1) is 13.0. The Balaban J connectivity index is 2.03. The molecule has 1 aliphatic carbocycles. The van der Waals surface area contributed by atoms with E-state index in [1.165, 1.54) is 24.3 Å². The van der Waals surface area contributed by atoms with Gasteiger partial charge in [0.05, 0.1) is 11.0 Å². The van der Waals surface area contributed by atoms with Gasteiger partial charge in [0, 0.05) is 17.9 Å². The molecular formula is C12H15NO4S. The number of aliphatic hydroxyl groups is 1. The quantitative estimate of drug-likeness (QED) is 0.829. The van der Waals surface area contributed by atoms with Crippen LogP contribution in [0.4, 0.5) is 0 Å². The van der Waals surface area contributed by atoms with Gasteiger partial charge in [-0.25, -0.2) is 8.42 Å².